The highest BCUT2D eigenvalue weighted by molar-refractivity contribution is 8.37. The molecule has 0 fully saturated rings. The number of hydrogen-bond donors (Lipinski definition) is 1. The number of thiophene rings is 1. The summed E-state index contributed by atoms with van der Waals surface area (Å²) in [6.07, 6.45) is 8.71. The fourth-order valence-electron chi connectivity index (χ4n) is 3.01. The Bertz CT molecular complexity index is 1220. The maximum Gasteiger partial charge on any atom is 0.207 e. The van der Waals surface area contributed by atoms with Crippen LogP contribution < -0.4 is 5.73 Å². The number of methoxy groups -OCH3 is 1. The van der Waals surface area contributed by atoms with Crippen molar-refractivity contribution in [2.75, 3.05) is 25.2 Å². The van der Waals surface area contributed by atoms with E-state index in [1.807, 2.05) is 6.07 Å². The minimum atomic E-state index is -2.76. The van der Waals surface area contributed by atoms with E-state index in [4.69, 9.17) is 26.6 Å². The van der Waals surface area contributed by atoms with Crippen molar-refractivity contribution in [2.45, 2.75) is 10.6 Å². The van der Waals surface area contributed by atoms with Crippen molar-refractivity contribution >= 4 is 47.3 Å². The molecule has 0 radical (unpaired) electrons. The summed E-state index contributed by atoms with van der Waals surface area (Å²) in [6.45, 7) is 0.484. The molecule has 154 valence electrons. The molecule has 0 spiro atoms. The van der Waals surface area contributed by atoms with Crippen molar-refractivity contribution in [3.05, 3.63) is 43.2 Å². The van der Waals surface area contributed by atoms with Gasteiger partial charge < -0.3 is 15.0 Å². The summed E-state index contributed by atoms with van der Waals surface area (Å²) in [6, 6.07) is 3.58. The molecule has 0 aliphatic carbocycles. The standard InChI is InChI=1S/C19H18N6O2S3/c1-27-6-3-7-30(26,28)19-16(20)15-13(17-23-4-2-5-24-17)8-14(25-18(15)29-19)12-9-21-11-22-10-12/h2,4-5,8-11H,3,6-7,20H2,1H3. The van der Waals surface area contributed by atoms with E-state index >= 15 is 0 Å². The SMILES string of the molecule is COCCC[S+]([O-])(=S)c1sc2nc(-c3cncnc3)cc(-c3ncccn3)c2c1N. The van der Waals surface area contributed by atoms with Crippen molar-refractivity contribution in [1.82, 2.24) is 24.9 Å². The second-order valence-electron chi connectivity index (χ2n) is 6.40. The zero-order valence-electron chi connectivity index (χ0n) is 16.0. The second-order valence-corrected chi connectivity index (χ2v) is 11.3. The Balaban J connectivity index is 1.93. The van der Waals surface area contributed by atoms with Gasteiger partial charge in [-0.15, -0.1) is 0 Å². The molecule has 4 aromatic heterocycles. The molecule has 1 atom stereocenters. The molecule has 4 rings (SSSR count). The highest BCUT2D eigenvalue weighted by Gasteiger charge is 2.27. The lowest BCUT2D eigenvalue weighted by Gasteiger charge is -2.18. The van der Waals surface area contributed by atoms with Crippen LogP contribution >= 0.6 is 11.3 Å². The van der Waals surface area contributed by atoms with Gasteiger partial charge in [0, 0.05) is 49.4 Å². The van der Waals surface area contributed by atoms with Crippen LogP contribution in [0.2, 0.25) is 0 Å². The lowest BCUT2D eigenvalue weighted by molar-refractivity contribution is 0.199. The predicted octanol–water partition coefficient (Wildman–Crippen LogP) is 2.93. The summed E-state index contributed by atoms with van der Waals surface area (Å²) in [7, 11) is -1.16. The third-order valence-electron chi connectivity index (χ3n) is 4.37. The van der Waals surface area contributed by atoms with Crippen LogP contribution in [0, 0.1) is 0 Å². The normalized spacial score (nSPS) is 13.4. The zero-order chi connectivity index (χ0) is 21.1. The molecule has 0 aliphatic rings. The van der Waals surface area contributed by atoms with E-state index in [0.29, 0.717) is 56.0 Å². The van der Waals surface area contributed by atoms with Gasteiger partial charge >= 0.3 is 0 Å². The summed E-state index contributed by atoms with van der Waals surface area (Å²) in [5, 5.41) is 0.658. The minimum Gasteiger partial charge on any atom is -0.633 e. The van der Waals surface area contributed by atoms with E-state index in [0.717, 1.165) is 5.56 Å². The average Bonchev–Trinajstić information content (AvgIpc) is 3.12. The molecule has 0 aliphatic heterocycles. The van der Waals surface area contributed by atoms with E-state index in [-0.39, 0.29) is 0 Å². The maximum atomic E-state index is 13.3. The highest BCUT2D eigenvalue weighted by atomic mass is 32.9. The Hall–Kier alpha value is -2.44. The van der Waals surface area contributed by atoms with Crippen LogP contribution in [0.1, 0.15) is 6.42 Å². The third kappa shape index (κ3) is 4.07. The first-order valence-corrected chi connectivity index (χ1v) is 12.5. The number of rotatable bonds is 7. The van der Waals surface area contributed by atoms with Crippen LogP contribution in [0.25, 0.3) is 32.9 Å². The molecule has 0 amide bonds. The molecule has 0 saturated carbocycles. The predicted molar refractivity (Wildman–Crippen MR) is 121 cm³/mol. The van der Waals surface area contributed by atoms with Crippen LogP contribution in [0.15, 0.2) is 47.5 Å². The first-order chi connectivity index (χ1) is 14.5. The van der Waals surface area contributed by atoms with Crippen LogP contribution in [0.5, 0.6) is 0 Å². The van der Waals surface area contributed by atoms with Gasteiger partial charge in [0.05, 0.1) is 23.4 Å². The Labute approximate surface area is 183 Å². The van der Waals surface area contributed by atoms with Crippen LogP contribution in [-0.2, 0) is 24.8 Å². The minimum absolute atomic E-state index is 0.309. The van der Waals surface area contributed by atoms with E-state index in [1.165, 1.54) is 17.7 Å². The number of ether oxygens (including phenoxy) is 1. The lowest BCUT2D eigenvalue weighted by atomic mass is 10.1. The number of aromatic nitrogens is 5. The Morgan fingerprint density at radius 2 is 1.97 bits per heavy atom. The first-order valence-electron chi connectivity index (χ1n) is 8.98. The average molecular weight is 459 g/mol. The number of hydrogen-bond acceptors (Lipinski definition) is 10. The summed E-state index contributed by atoms with van der Waals surface area (Å²) >= 11 is 6.72. The van der Waals surface area contributed by atoms with Crippen molar-refractivity contribution in [2.24, 2.45) is 0 Å². The Kier molecular flexibility index (Phi) is 6.06. The second kappa shape index (κ2) is 8.74. The van der Waals surface area contributed by atoms with E-state index < -0.39 is 8.87 Å². The highest BCUT2D eigenvalue weighted by Crippen LogP contribution is 2.43. The van der Waals surface area contributed by atoms with Crippen molar-refractivity contribution < 1.29 is 9.29 Å². The number of fused-ring (bicyclic) bond motifs is 1. The summed E-state index contributed by atoms with van der Waals surface area (Å²) in [4.78, 5) is 22.2. The molecule has 0 saturated heterocycles. The van der Waals surface area contributed by atoms with Gasteiger partial charge in [0.15, 0.2) is 5.82 Å². The summed E-state index contributed by atoms with van der Waals surface area (Å²) in [5.74, 6) is 0.804. The maximum absolute atomic E-state index is 13.3. The molecule has 2 N–H and O–H groups in total. The lowest BCUT2D eigenvalue weighted by Crippen LogP contribution is -2.16. The van der Waals surface area contributed by atoms with Gasteiger partial charge in [-0.2, -0.15) is 0 Å². The fraction of sp³-hybridized carbons (Fsp3) is 0.211. The van der Waals surface area contributed by atoms with Crippen LogP contribution in [0.3, 0.4) is 0 Å². The van der Waals surface area contributed by atoms with E-state index in [9.17, 15) is 4.55 Å². The molecule has 1 unspecified atom stereocenters. The molecular formula is C19H18N6O2S3. The summed E-state index contributed by atoms with van der Waals surface area (Å²) < 4.78 is 18.8. The van der Waals surface area contributed by atoms with Crippen LogP contribution in [-0.4, -0.2) is 48.9 Å². The fourth-order valence-corrected chi connectivity index (χ4v) is 6.91. The number of nitrogen functional groups attached to an aromatic ring is 1. The van der Waals surface area contributed by atoms with Gasteiger partial charge in [0.2, 0.25) is 4.21 Å². The Morgan fingerprint density at radius 1 is 1.23 bits per heavy atom. The molecular weight excluding hydrogens is 440 g/mol. The van der Waals surface area contributed by atoms with Crippen molar-refractivity contribution in [3.63, 3.8) is 0 Å². The largest absolute Gasteiger partial charge is 0.633 e. The number of nitrogens with two attached hydrogens (primary N) is 1. The molecule has 4 heterocycles. The molecule has 30 heavy (non-hydrogen) atoms. The van der Waals surface area contributed by atoms with E-state index in [2.05, 4.69) is 19.9 Å². The number of nitrogens with zero attached hydrogens (tertiary/aromatic N) is 5. The quantitative estimate of drug-likeness (QED) is 0.329. The van der Waals surface area contributed by atoms with E-state index in [1.54, 1.807) is 38.0 Å². The van der Waals surface area contributed by atoms with Gasteiger partial charge in [-0.25, -0.2) is 24.9 Å². The number of anilines is 1. The van der Waals surface area contributed by atoms with Crippen LogP contribution in [0.4, 0.5) is 5.69 Å². The van der Waals surface area contributed by atoms with Gasteiger partial charge in [0.1, 0.15) is 28.0 Å². The monoisotopic (exact) mass is 458 g/mol. The van der Waals surface area contributed by atoms with Gasteiger partial charge in [0.25, 0.3) is 0 Å². The molecule has 4 aromatic rings. The first kappa shape index (κ1) is 20.8. The van der Waals surface area contributed by atoms with Crippen molar-refractivity contribution in [3.8, 4) is 22.6 Å². The Morgan fingerprint density at radius 3 is 2.67 bits per heavy atom. The zero-order valence-corrected chi connectivity index (χ0v) is 18.5. The molecule has 0 bridgehead atoms. The smallest absolute Gasteiger partial charge is 0.207 e. The molecule has 0 aromatic carbocycles. The van der Waals surface area contributed by atoms with Gasteiger partial charge in [-0.05, 0) is 12.1 Å². The summed E-state index contributed by atoms with van der Waals surface area (Å²) in [5.41, 5.74) is 8.93. The van der Waals surface area contributed by atoms with Gasteiger partial charge in [-0.1, -0.05) is 20.2 Å². The molecule has 11 heteroatoms. The number of pyridine rings is 1. The van der Waals surface area contributed by atoms with Crippen molar-refractivity contribution in [1.29, 1.82) is 0 Å². The van der Waals surface area contributed by atoms with Gasteiger partial charge in [-0.3, -0.25) is 0 Å². The molecule has 8 nitrogen and oxygen atoms in total. The topological polar surface area (TPSA) is 123 Å². The third-order valence-corrected chi connectivity index (χ3v) is 9.25.